The first-order valence-corrected chi connectivity index (χ1v) is 7.23. The minimum Gasteiger partial charge on any atom is -0.390 e. The van der Waals surface area contributed by atoms with Crippen molar-refractivity contribution in [3.05, 3.63) is 52.2 Å². The molecule has 0 saturated carbocycles. The van der Waals surface area contributed by atoms with Crippen molar-refractivity contribution in [2.24, 2.45) is 0 Å². The Hall–Kier alpha value is -2.14. The minimum atomic E-state index is 0.489. The van der Waals surface area contributed by atoms with Gasteiger partial charge >= 0.3 is 0 Å². The summed E-state index contributed by atoms with van der Waals surface area (Å²) in [5.41, 5.74) is 10.3. The van der Waals surface area contributed by atoms with Crippen molar-refractivity contribution >= 4 is 16.3 Å². The van der Waals surface area contributed by atoms with Gasteiger partial charge in [-0.25, -0.2) is 0 Å². The van der Waals surface area contributed by atoms with Gasteiger partial charge in [0, 0.05) is 6.42 Å². The normalized spacial score (nSPS) is 10.9. The van der Waals surface area contributed by atoms with Crippen LogP contribution < -0.4 is 5.73 Å². The Morgan fingerprint density at radius 1 is 1.20 bits per heavy atom. The van der Waals surface area contributed by atoms with E-state index in [2.05, 4.69) is 42.2 Å². The molecular weight excluding hydrogens is 270 g/mol. The summed E-state index contributed by atoms with van der Waals surface area (Å²) < 4.78 is 5.29. The maximum atomic E-state index is 5.86. The molecule has 102 valence electrons. The number of aryl methyl sites for hydroxylation is 2. The zero-order chi connectivity index (χ0) is 14.1. The molecule has 0 aliphatic heterocycles. The van der Waals surface area contributed by atoms with Crippen LogP contribution in [0.25, 0.3) is 11.5 Å². The third-order valence-corrected chi connectivity index (χ3v) is 3.78. The van der Waals surface area contributed by atoms with Crippen molar-refractivity contribution in [3.63, 3.8) is 0 Å². The van der Waals surface area contributed by atoms with Crippen LogP contribution in [0, 0.1) is 13.8 Å². The molecule has 0 spiro atoms. The predicted octanol–water partition coefficient (Wildman–Crippen LogP) is 3.59. The van der Waals surface area contributed by atoms with Gasteiger partial charge in [-0.15, -0.1) is 11.3 Å². The quantitative estimate of drug-likeness (QED) is 0.798. The van der Waals surface area contributed by atoms with Crippen LogP contribution >= 0.6 is 11.3 Å². The van der Waals surface area contributed by atoms with Gasteiger partial charge in [0.25, 0.3) is 5.89 Å². The molecule has 0 fully saturated rings. The fourth-order valence-electron chi connectivity index (χ4n) is 2.29. The van der Waals surface area contributed by atoms with E-state index in [1.165, 1.54) is 28.0 Å². The van der Waals surface area contributed by atoms with E-state index >= 15 is 0 Å². The lowest BCUT2D eigenvalue weighted by Crippen LogP contribution is -1.93. The SMILES string of the molecule is Cc1cc(C)cc(Cc2noc(-c3ccsc3N)n2)c1. The molecule has 3 rings (SSSR count). The van der Waals surface area contributed by atoms with Crippen LogP contribution in [0.3, 0.4) is 0 Å². The molecule has 1 aromatic carbocycles. The van der Waals surface area contributed by atoms with Gasteiger partial charge in [-0.2, -0.15) is 4.98 Å². The lowest BCUT2D eigenvalue weighted by atomic mass is 10.1. The fraction of sp³-hybridized carbons (Fsp3) is 0.200. The number of benzene rings is 1. The lowest BCUT2D eigenvalue weighted by Gasteiger charge is -2.01. The molecule has 2 heterocycles. The second-order valence-electron chi connectivity index (χ2n) is 4.89. The molecule has 5 heteroatoms. The lowest BCUT2D eigenvalue weighted by molar-refractivity contribution is 0.424. The summed E-state index contributed by atoms with van der Waals surface area (Å²) in [5, 5.41) is 6.65. The van der Waals surface area contributed by atoms with Gasteiger partial charge in [-0.3, -0.25) is 0 Å². The van der Waals surface area contributed by atoms with E-state index in [0.29, 0.717) is 23.1 Å². The van der Waals surface area contributed by atoms with Crippen LogP contribution in [-0.4, -0.2) is 10.1 Å². The Kier molecular flexibility index (Phi) is 3.28. The summed E-state index contributed by atoms with van der Waals surface area (Å²) in [7, 11) is 0. The number of rotatable bonds is 3. The van der Waals surface area contributed by atoms with Gasteiger partial charge in [0.1, 0.15) is 0 Å². The van der Waals surface area contributed by atoms with E-state index in [-0.39, 0.29) is 0 Å². The van der Waals surface area contributed by atoms with E-state index in [1.54, 1.807) is 0 Å². The molecule has 0 unspecified atom stereocenters. The number of anilines is 1. The Bertz CT molecular complexity index is 725. The van der Waals surface area contributed by atoms with Crippen LogP contribution in [0.1, 0.15) is 22.5 Å². The molecule has 4 nitrogen and oxygen atoms in total. The average Bonchev–Trinajstić information content (AvgIpc) is 2.96. The summed E-state index contributed by atoms with van der Waals surface area (Å²) >= 11 is 1.47. The minimum absolute atomic E-state index is 0.489. The average molecular weight is 285 g/mol. The third kappa shape index (κ3) is 2.58. The van der Waals surface area contributed by atoms with Crippen LogP contribution in [-0.2, 0) is 6.42 Å². The molecule has 2 N–H and O–H groups in total. The maximum absolute atomic E-state index is 5.86. The topological polar surface area (TPSA) is 64.9 Å². The van der Waals surface area contributed by atoms with Crippen molar-refractivity contribution < 1.29 is 4.52 Å². The number of nitrogens with two attached hydrogens (primary N) is 1. The zero-order valence-electron chi connectivity index (χ0n) is 11.4. The number of nitrogen functional groups attached to an aromatic ring is 1. The van der Waals surface area contributed by atoms with Crippen molar-refractivity contribution in [3.8, 4) is 11.5 Å². The van der Waals surface area contributed by atoms with Gasteiger partial charge in [-0.1, -0.05) is 34.5 Å². The first kappa shape index (κ1) is 12.9. The highest BCUT2D eigenvalue weighted by Gasteiger charge is 2.13. The standard InChI is InChI=1S/C15H15N3OS/c1-9-5-10(2)7-11(6-9)8-13-17-15(19-18-13)12-3-4-20-14(12)16/h3-7H,8,16H2,1-2H3. The molecule has 0 aliphatic carbocycles. The first-order valence-electron chi connectivity index (χ1n) is 6.35. The largest absolute Gasteiger partial charge is 0.390 e. The molecule has 0 bridgehead atoms. The molecule has 0 atom stereocenters. The van der Waals surface area contributed by atoms with Crippen molar-refractivity contribution in [2.45, 2.75) is 20.3 Å². The van der Waals surface area contributed by atoms with E-state index in [1.807, 2.05) is 11.4 Å². The van der Waals surface area contributed by atoms with Crippen LogP contribution in [0.15, 0.2) is 34.2 Å². The molecule has 2 aromatic heterocycles. The van der Waals surface area contributed by atoms with Gasteiger partial charge in [0.15, 0.2) is 5.82 Å². The Labute approximate surface area is 121 Å². The number of aromatic nitrogens is 2. The fourth-order valence-corrected chi connectivity index (χ4v) is 2.92. The van der Waals surface area contributed by atoms with E-state index in [9.17, 15) is 0 Å². The van der Waals surface area contributed by atoms with E-state index in [4.69, 9.17) is 10.3 Å². The van der Waals surface area contributed by atoms with E-state index in [0.717, 1.165) is 5.56 Å². The molecule has 20 heavy (non-hydrogen) atoms. The van der Waals surface area contributed by atoms with Crippen LogP contribution in [0.2, 0.25) is 0 Å². The van der Waals surface area contributed by atoms with Gasteiger partial charge in [0.2, 0.25) is 0 Å². The summed E-state index contributed by atoms with van der Waals surface area (Å²) in [6.07, 6.45) is 0.663. The zero-order valence-corrected chi connectivity index (χ0v) is 12.2. The molecule has 0 saturated heterocycles. The molecule has 0 radical (unpaired) electrons. The number of thiophene rings is 1. The Morgan fingerprint density at radius 2 is 1.95 bits per heavy atom. The summed E-state index contributed by atoms with van der Waals surface area (Å²) in [5.74, 6) is 1.17. The van der Waals surface area contributed by atoms with E-state index < -0.39 is 0 Å². The third-order valence-electron chi connectivity index (χ3n) is 3.04. The smallest absolute Gasteiger partial charge is 0.260 e. The second-order valence-corrected chi connectivity index (χ2v) is 5.83. The van der Waals surface area contributed by atoms with Crippen molar-refractivity contribution in [1.82, 2.24) is 10.1 Å². The Balaban J connectivity index is 1.86. The van der Waals surface area contributed by atoms with Gasteiger partial charge < -0.3 is 10.3 Å². The first-order chi connectivity index (χ1) is 9.61. The van der Waals surface area contributed by atoms with Crippen molar-refractivity contribution in [2.75, 3.05) is 5.73 Å². The molecule has 0 aliphatic rings. The van der Waals surface area contributed by atoms with Gasteiger partial charge in [0.05, 0.1) is 10.6 Å². The summed E-state index contributed by atoms with van der Waals surface area (Å²) in [6.45, 7) is 4.18. The number of hydrogen-bond donors (Lipinski definition) is 1. The number of nitrogens with zero attached hydrogens (tertiary/aromatic N) is 2. The summed E-state index contributed by atoms with van der Waals surface area (Å²) in [6, 6.07) is 8.33. The highest BCUT2D eigenvalue weighted by atomic mass is 32.1. The van der Waals surface area contributed by atoms with Gasteiger partial charge in [-0.05, 0) is 30.9 Å². The number of hydrogen-bond acceptors (Lipinski definition) is 5. The summed E-state index contributed by atoms with van der Waals surface area (Å²) in [4.78, 5) is 4.42. The van der Waals surface area contributed by atoms with Crippen LogP contribution in [0.5, 0.6) is 0 Å². The maximum Gasteiger partial charge on any atom is 0.260 e. The molecule has 3 aromatic rings. The van der Waals surface area contributed by atoms with Crippen molar-refractivity contribution in [1.29, 1.82) is 0 Å². The highest BCUT2D eigenvalue weighted by molar-refractivity contribution is 7.14. The van der Waals surface area contributed by atoms with Crippen LogP contribution in [0.4, 0.5) is 5.00 Å². The second kappa shape index (κ2) is 5.09. The monoisotopic (exact) mass is 285 g/mol. The molecule has 0 amide bonds. The molecular formula is C15H15N3OS. The highest BCUT2D eigenvalue weighted by Crippen LogP contribution is 2.29. The predicted molar refractivity (Wildman–Crippen MR) is 80.7 cm³/mol. The Morgan fingerprint density at radius 3 is 2.60 bits per heavy atom.